The van der Waals surface area contributed by atoms with Gasteiger partial charge in [0.2, 0.25) is 0 Å². The number of hydrogen-bond donors (Lipinski definition) is 0. The molecule has 0 aromatic carbocycles. The molecule has 0 spiro atoms. The van der Waals surface area contributed by atoms with Crippen molar-refractivity contribution in [2.45, 2.75) is 51.4 Å². The molecule has 15 heavy (non-hydrogen) atoms. The molecule has 0 radical (unpaired) electrons. The summed E-state index contributed by atoms with van der Waals surface area (Å²) in [7, 11) is 0. The maximum absolute atomic E-state index is 3.76. The molecule has 0 atom stereocenters. The molecular weight excluding hydrogens is 463 g/mol. The molecule has 0 aliphatic heterocycles. The molecule has 0 nitrogen and oxygen atoms in total. The first-order chi connectivity index (χ1) is 6.83. The van der Waals surface area contributed by atoms with Crippen LogP contribution in [0, 0.1) is 13.8 Å². The Morgan fingerprint density at radius 3 is 1.13 bits per heavy atom. The minimum Gasteiger partial charge on any atom is -0.343 e. The summed E-state index contributed by atoms with van der Waals surface area (Å²) in [6.07, 6.45) is 10.3. The zero-order valence-corrected chi connectivity index (χ0v) is 17.2. The second-order valence-corrected chi connectivity index (χ2v) is 5.36. The van der Waals surface area contributed by atoms with Gasteiger partial charge in [0.1, 0.15) is 0 Å². The molecule has 0 aromatic rings. The van der Waals surface area contributed by atoms with E-state index >= 15 is 0 Å². The first kappa shape index (κ1) is 22.3. The van der Waals surface area contributed by atoms with Crippen molar-refractivity contribution in [3.8, 4) is 0 Å². The number of halogens is 2. The number of unbranched alkanes of at least 4 members (excludes halogenated alkanes) is 6. The average Bonchev–Trinajstić information content (AvgIpc) is 2.21. The van der Waals surface area contributed by atoms with Crippen LogP contribution in [0.5, 0.6) is 0 Å². The predicted molar refractivity (Wildman–Crippen MR) is 85.4 cm³/mol. The fourth-order valence-electron chi connectivity index (χ4n) is 0.896. The second-order valence-electron chi connectivity index (χ2n) is 3.21. The van der Waals surface area contributed by atoms with Gasteiger partial charge in [0.15, 0.2) is 0 Å². The molecule has 0 aliphatic carbocycles. The van der Waals surface area contributed by atoms with E-state index in [4.69, 9.17) is 0 Å². The third kappa shape index (κ3) is 31.4. The van der Waals surface area contributed by atoms with Crippen molar-refractivity contribution in [3.05, 3.63) is 13.8 Å². The molecule has 88 valence electrons. The summed E-state index contributed by atoms with van der Waals surface area (Å²) in [6, 6.07) is 0. The summed E-state index contributed by atoms with van der Waals surface area (Å²) in [4.78, 5) is 0. The van der Waals surface area contributed by atoms with E-state index in [9.17, 15) is 0 Å². The summed E-state index contributed by atoms with van der Waals surface area (Å²) < 4.78 is 2.61. The quantitative estimate of drug-likeness (QED) is 0.137. The van der Waals surface area contributed by atoms with Crippen LogP contribution in [0.3, 0.4) is 0 Å². The van der Waals surface area contributed by atoms with Crippen LogP contribution < -0.4 is 0 Å². The van der Waals surface area contributed by atoms with E-state index < -0.39 is 0 Å². The van der Waals surface area contributed by atoms with Crippen molar-refractivity contribution in [1.29, 1.82) is 0 Å². The minimum atomic E-state index is 0. The van der Waals surface area contributed by atoms with Crippen LogP contribution in [0.2, 0.25) is 0 Å². The Kier molecular flexibility index (Phi) is 37.2. The number of rotatable bonds is 8. The van der Waals surface area contributed by atoms with Crippen molar-refractivity contribution < 1.29 is 19.5 Å². The van der Waals surface area contributed by atoms with Gasteiger partial charge in [-0.25, -0.2) is 0 Å². The maximum Gasteiger partial charge on any atom is 2.00 e. The zero-order valence-electron chi connectivity index (χ0n) is 9.95. The van der Waals surface area contributed by atoms with E-state index in [1.165, 1.54) is 47.4 Å². The van der Waals surface area contributed by atoms with Crippen molar-refractivity contribution in [2.75, 3.05) is 8.86 Å². The fourth-order valence-corrected chi connectivity index (χ4v) is 1.97. The van der Waals surface area contributed by atoms with Crippen LogP contribution in [0.15, 0.2) is 0 Å². The zero-order chi connectivity index (χ0) is 11.1. The van der Waals surface area contributed by atoms with Gasteiger partial charge in [0, 0.05) is 0 Å². The SMILES string of the molecule is [CH2-]CCCCCI.[CH2-]CCCCCI.[Zn+2]. The number of hydrogen-bond acceptors (Lipinski definition) is 0. The summed E-state index contributed by atoms with van der Waals surface area (Å²) >= 11 is 4.81. The molecule has 0 unspecified atom stereocenters. The number of alkyl halides is 2. The summed E-state index contributed by atoms with van der Waals surface area (Å²) in [5.74, 6) is 0. The van der Waals surface area contributed by atoms with Crippen LogP contribution in [-0.4, -0.2) is 8.86 Å². The summed E-state index contributed by atoms with van der Waals surface area (Å²) in [5.41, 5.74) is 0. The van der Waals surface area contributed by atoms with Crippen LogP contribution in [-0.2, 0) is 19.5 Å². The summed E-state index contributed by atoms with van der Waals surface area (Å²) in [6.45, 7) is 7.51. The maximum atomic E-state index is 3.76. The third-order valence-corrected chi connectivity index (χ3v) is 3.29. The molecule has 0 saturated heterocycles. The van der Waals surface area contributed by atoms with Gasteiger partial charge >= 0.3 is 19.5 Å². The topological polar surface area (TPSA) is 0 Å². The minimum absolute atomic E-state index is 0. The van der Waals surface area contributed by atoms with Gasteiger partial charge in [-0.05, 0) is 21.7 Å². The molecule has 0 aromatic heterocycles. The van der Waals surface area contributed by atoms with E-state index in [2.05, 4.69) is 59.0 Å². The Bertz CT molecular complexity index is 62.0. The van der Waals surface area contributed by atoms with Gasteiger partial charge < -0.3 is 13.8 Å². The van der Waals surface area contributed by atoms with Gasteiger partial charge in [-0.1, -0.05) is 70.9 Å². The standard InChI is InChI=1S/2C6H12I.Zn/c2*1-2-3-4-5-6-7;/h2*1-6H2;/q2*-1;+2. The van der Waals surface area contributed by atoms with E-state index in [0.29, 0.717) is 0 Å². The molecule has 3 heteroatoms. The van der Waals surface area contributed by atoms with Crippen molar-refractivity contribution in [1.82, 2.24) is 0 Å². The normalized spacial score (nSPS) is 8.80. The molecule has 0 aliphatic rings. The van der Waals surface area contributed by atoms with Crippen molar-refractivity contribution in [3.63, 3.8) is 0 Å². The predicted octanol–water partition coefficient (Wildman–Crippen LogP) is 5.63. The van der Waals surface area contributed by atoms with Gasteiger partial charge in [0.25, 0.3) is 0 Å². The molecule has 0 N–H and O–H groups in total. The average molecular weight is 488 g/mol. The Labute approximate surface area is 137 Å². The Morgan fingerprint density at radius 1 is 0.600 bits per heavy atom. The van der Waals surface area contributed by atoms with Crippen LogP contribution in [0.25, 0.3) is 0 Å². The van der Waals surface area contributed by atoms with Crippen LogP contribution in [0.4, 0.5) is 0 Å². The van der Waals surface area contributed by atoms with Crippen LogP contribution in [0.1, 0.15) is 51.4 Å². The Morgan fingerprint density at radius 2 is 0.933 bits per heavy atom. The fraction of sp³-hybridized carbons (Fsp3) is 0.833. The van der Waals surface area contributed by atoms with Gasteiger partial charge in [-0.2, -0.15) is 12.8 Å². The molecule has 0 bridgehead atoms. The monoisotopic (exact) mass is 486 g/mol. The smallest absolute Gasteiger partial charge is 0.343 e. The van der Waals surface area contributed by atoms with Gasteiger partial charge in [-0.3, -0.25) is 0 Å². The van der Waals surface area contributed by atoms with Gasteiger partial charge in [-0.15, -0.1) is 0 Å². The molecule has 0 rings (SSSR count). The van der Waals surface area contributed by atoms with E-state index in [-0.39, 0.29) is 19.5 Å². The molecule has 0 heterocycles. The molecule has 0 saturated carbocycles. The second kappa shape index (κ2) is 25.1. The molecular formula is C12H24I2Zn. The summed E-state index contributed by atoms with van der Waals surface area (Å²) in [5, 5.41) is 0. The Balaban J connectivity index is -0.000000180. The van der Waals surface area contributed by atoms with Crippen LogP contribution >= 0.6 is 45.2 Å². The third-order valence-electron chi connectivity index (χ3n) is 1.77. The molecule has 0 fully saturated rings. The van der Waals surface area contributed by atoms with Crippen molar-refractivity contribution in [2.24, 2.45) is 0 Å². The largest absolute Gasteiger partial charge is 2.00 e. The first-order valence-electron chi connectivity index (χ1n) is 5.53. The van der Waals surface area contributed by atoms with Gasteiger partial charge in [0.05, 0.1) is 0 Å². The van der Waals surface area contributed by atoms with E-state index in [1.807, 2.05) is 0 Å². The van der Waals surface area contributed by atoms with E-state index in [1.54, 1.807) is 0 Å². The Hall–Kier alpha value is 2.08. The van der Waals surface area contributed by atoms with E-state index in [0.717, 1.165) is 12.8 Å². The first-order valence-corrected chi connectivity index (χ1v) is 8.59. The molecule has 0 amide bonds. The van der Waals surface area contributed by atoms with Crippen molar-refractivity contribution >= 4 is 45.2 Å².